The van der Waals surface area contributed by atoms with E-state index in [0.29, 0.717) is 26.7 Å². The minimum atomic E-state index is -3.72. The summed E-state index contributed by atoms with van der Waals surface area (Å²) in [6.45, 7) is 5.14. The topological polar surface area (TPSA) is 101 Å². The highest BCUT2D eigenvalue weighted by Gasteiger charge is 2.30. The lowest BCUT2D eigenvalue weighted by Gasteiger charge is -2.28. The fourth-order valence-electron chi connectivity index (χ4n) is 2.22. The van der Waals surface area contributed by atoms with Gasteiger partial charge in [0.15, 0.2) is 4.34 Å². The van der Waals surface area contributed by atoms with Gasteiger partial charge in [0.1, 0.15) is 11.8 Å². The third-order valence-electron chi connectivity index (χ3n) is 3.36. The van der Waals surface area contributed by atoms with E-state index in [-0.39, 0.29) is 0 Å². The van der Waals surface area contributed by atoms with E-state index in [9.17, 15) is 13.2 Å². The van der Waals surface area contributed by atoms with Gasteiger partial charge in [-0.2, -0.15) is 0 Å². The molecule has 1 N–H and O–H groups in total. The molecule has 1 amide bonds. The zero-order valence-electron chi connectivity index (χ0n) is 15.1. The Bertz CT molecular complexity index is 914. The quantitative estimate of drug-likeness (QED) is 0.372. The number of benzene rings is 1. The number of hydrogen-bond donors (Lipinski definition) is 1. The Kier molecular flexibility index (Phi) is 7.22. The van der Waals surface area contributed by atoms with Crippen LogP contribution in [0.5, 0.6) is 5.75 Å². The van der Waals surface area contributed by atoms with E-state index in [2.05, 4.69) is 22.1 Å². The molecule has 8 nitrogen and oxygen atoms in total. The minimum Gasteiger partial charge on any atom is -0.497 e. The molecule has 0 saturated heterocycles. The number of hydrogen-bond acceptors (Lipinski definition) is 8. The average molecular weight is 429 g/mol. The molecular weight excluding hydrogens is 408 g/mol. The van der Waals surface area contributed by atoms with Gasteiger partial charge in [-0.05, 0) is 19.1 Å². The molecule has 0 fully saturated rings. The molecule has 0 radical (unpaired) electrons. The third-order valence-corrected chi connectivity index (χ3v) is 6.57. The predicted molar refractivity (Wildman–Crippen MR) is 109 cm³/mol. The summed E-state index contributed by atoms with van der Waals surface area (Å²) in [7, 11) is -2.23. The number of nitrogens with one attached hydrogen (secondary N) is 1. The van der Waals surface area contributed by atoms with Crippen LogP contribution in [0, 0.1) is 0 Å². The molecule has 1 aromatic carbocycles. The molecule has 0 unspecified atom stereocenters. The molecule has 146 valence electrons. The summed E-state index contributed by atoms with van der Waals surface area (Å²) in [5, 5.41) is 10.8. The lowest BCUT2D eigenvalue weighted by Crippen LogP contribution is -2.45. The van der Waals surface area contributed by atoms with E-state index < -0.39 is 22.0 Å². The molecule has 2 aromatic rings. The first kappa shape index (κ1) is 21.2. The highest BCUT2D eigenvalue weighted by Crippen LogP contribution is 2.28. The number of ether oxygens (including phenoxy) is 1. The first-order valence-corrected chi connectivity index (χ1v) is 11.4. The van der Waals surface area contributed by atoms with E-state index in [4.69, 9.17) is 4.74 Å². The normalized spacial score (nSPS) is 12.3. The van der Waals surface area contributed by atoms with Crippen molar-refractivity contribution >= 4 is 49.8 Å². The molecule has 0 aliphatic carbocycles. The van der Waals surface area contributed by atoms with E-state index in [1.165, 1.54) is 37.1 Å². The van der Waals surface area contributed by atoms with Crippen molar-refractivity contribution in [1.82, 2.24) is 10.2 Å². The van der Waals surface area contributed by atoms with E-state index in [1.54, 1.807) is 30.3 Å². The van der Waals surface area contributed by atoms with Crippen molar-refractivity contribution in [2.75, 3.05) is 28.7 Å². The molecule has 0 aliphatic heterocycles. The third kappa shape index (κ3) is 5.68. The van der Waals surface area contributed by atoms with Gasteiger partial charge in [0, 0.05) is 11.8 Å². The number of thioether (sulfide) groups is 1. The van der Waals surface area contributed by atoms with Crippen molar-refractivity contribution in [3.63, 3.8) is 0 Å². The zero-order chi connectivity index (χ0) is 20.0. The fourth-order valence-corrected chi connectivity index (χ4v) is 4.90. The largest absolute Gasteiger partial charge is 0.497 e. The summed E-state index contributed by atoms with van der Waals surface area (Å²) >= 11 is 2.66. The van der Waals surface area contributed by atoms with Crippen LogP contribution in [0.3, 0.4) is 0 Å². The maximum atomic E-state index is 12.6. The number of methoxy groups -OCH3 is 1. The number of amides is 1. The van der Waals surface area contributed by atoms with Crippen molar-refractivity contribution in [2.45, 2.75) is 17.3 Å². The van der Waals surface area contributed by atoms with Crippen LogP contribution in [0.4, 0.5) is 10.8 Å². The minimum absolute atomic E-state index is 0.303. The predicted octanol–water partition coefficient (Wildman–Crippen LogP) is 2.62. The summed E-state index contributed by atoms with van der Waals surface area (Å²) in [4.78, 5) is 12.6. The number of sulfonamides is 1. The average Bonchev–Trinajstić information content (AvgIpc) is 3.06. The smallest absolute Gasteiger partial charge is 0.249 e. The highest BCUT2D eigenvalue weighted by atomic mass is 32.2. The maximum absolute atomic E-state index is 12.6. The first-order valence-electron chi connectivity index (χ1n) is 7.77. The Balaban J connectivity index is 2.21. The number of carbonyl (C=O) groups excluding carboxylic acids is 1. The summed E-state index contributed by atoms with van der Waals surface area (Å²) in [5.74, 6) is 0.651. The standard InChI is InChI=1S/C16H20N4O4S3/c1-5-9-25-16-19-18-15(26-16)17-14(21)11(2)20(27(4,22)23)12-7-6-8-13(10-12)24-3/h5-8,10-11H,1,9H2,2-4H3,(H,17,18,21)/t11-/m0/s1. The van der Waals surface area contributed by atoms with E-state index in [1.807, 2.05) is 0 Å². The second kappa shape index (κ2) is 9.20. The van der Waals surface area contributed by atoms with Crippen LogP contribution < -0.4 is 14.4 Å². The summed E-state index contributed by atoms with van der Waals surface area (Å²) in [5.41, 5.74) is 0.332. The lowest BCUT2D eigenvalue weighted by atomic mass is 10.2. The Morgan fingerprint density at radius 1 is 1.48 bits per heavy atom. The van der Waals surface area contributed by atoms with Crippen LogP contribution in [-0.2, 0) is 14.8 Å². The molecule has 1 heterocycles. The van der Waals surface area contributed by atoms with E-state index >= 15 is 0 Å². The lowest BCUT2D eigenvalue weighted by molar-refractivity contribution is -0.116. The number of anilines is 2. The maximum Gasteiger partial charge on any atom is 0.249 e. The first-order chi connectivity index (χ1) is 12.8. The SMILES string of the molecule is C=CCSc1nnc(NC(=O)[C@H](C)N(c2cccc(OC)c2)S(C)(=O)=O)s1. The highest BCUT2D eigenvalue weighted by molar-refractivity contribution is 8.01. The number of aromatic nitrogens is 2. The van der Waals surface area contributed by atoms with Crippen LogP contribution in [0.25, 0.3) is 0 Å². The number of rotatable bonds is 9. The zero-order valence-corrected chi connectivity index (χ0v) is 17.5. The van der Waals surface area contributed by atoms with Gasteiger partial charge >= 0.3 is 0 Å². The molecule has 1 aromatic heterocycles. The van der Waals surface area contributed by atoms with Gasteiger partial charge in [0.25, 0.3) is 0 Å². The summed E-state index contributed by atoms with van der Waals surface area (Å²) < 4.78 is 31.5. The van der Waals surface area contributed by atoms with Crippen LogP contribution >= 0.6 is 23.1 Å². The molecule has 0 spiro atoms. The fraction of sp³-hybridized carbons (Fsp3) is 0.312. The molecule has 1 atom stereocenters. The van der Waals surface area contributed by atoms with Crippen LogP contribution in [-0.4, -0.2) is 49.7 Å². The molecule has 0 bridgehead atoms. The molecule has 0 aliphatic rings. The number of nitrogens with zero attached hydrogens (tertiary/aromatic N) is 3. The van der Waals surface area contributed by atoms with Crippen LogP contribution in [0.2, 0.25) is 0 Å². The Morgan fingerprint density at radius 3 is 2.85 bits per heavy atom. The van der Waals surface area contributed by atoms with Gasteiger partial charge in [0.05, 0.1) is 19.1 Å². The number of carbonyl (C=O) groups is 1. The van der Waals surface area contributed by atoms with Gasteiger partial charge < -0.3 is 4.74 Å². The molecule has 27 heavy (non-hydrogen) atoms. The molecule has 0 saturated carbocycles. The van der Waals surface area contributed by atoms with Crippen LogP contribution in [0.1, 0.15) is 6.92 Å². The van der Waals surface area contributed by atoms with E-state index in [0.717, 1.165) is 10.6 Å². The molecule has 2 rings (SSSR count). The van der Waals surface area contributed by atoms with Gasteiger partial charge in [-0.3, -0.25) is 14.4 Å². The van der Waals surface area contributed by atoms with Crippen molar-refractivity contribution in [2.24, 2.45) is 0 Å². The Hall–Kier alpha value is -2.11. The van der Waals surface area contributed by atoms with Gasteiger partial charge in [-0.25, -0.2) is 8.42 Å². The van der Waals surface area contributed by atoms with Crippen molar-refractivity contribution in [3.8, 4) is 5.75 Å². The second-order valence-corrected chi connectivity index (χ2v) is 9.50. The van der Waals surface area contributed by atoms with Crippen molar-refractivity contribution in [1.29, 1.82) is 0 Å². The Labute approximate surface area is 166 Å². The van der Waals surface area contributed by atoms with Gasteiger partial charge in [-0.15, -0.1) is 16.8 Å². The van der Waals surface area contributed by atoms with Crippen molar-refractivity contribution in [3.05, 3.63) is 36.9 Å². The van der Waals surface area contributed by atoms with Crippen LogP contribution in [0.15, 0.2) is 41.3 Å². The molecular formula is C16H20N4O4S3. The monoisotopic (exact) mass is 428 g/mol. The second-order valence-electron chi connectivity index (χ2n) is 5.40. The molecule has 11 heteroatoms. The van der Waals surface area contributed by atoms with Gasteiger partial charge in [-0.1, -0.05) is 35.2 Å². The van der Waals surface area contributed by atoms with Crippen molar-refractivity contribution < 1.29 is 17.9 Å². The van der Waals surface area contributed by atoms with Gasteiger partial charge in [0.2, 0.25) is 21.1 Å². The summed E-state index contributed by atoms with van der Waals surface area (Å²) in [6.07, 6.45) is 2.79. The Morgan fingerprint density at radius 2 is 2.22 bits per heavy atom. The summed E-state index contributed by atoms with van der Waals surface area (Å²) in [6, 6.07) is 5.51.